The average Bonchev–Trinajstić information content (AvgIpc) is 3.34. The second kappa shape index (κ2) is 10.3. The van der Waals surface area contributed by atoms with Crippen molar-refractivity contribution in [1.29, 1.82) is 0 Å². The molecule has 0 aromatic carbocycles. The second-order valence-electron chi connectivity index (χ2n) is 15.4. The largest absolute Gasteiger partial charge is 0.462 e. The molecule has 0 aromatic heterocycles. The maximum atomic E-state index is 12.5. The van der Waals surface area contributed by atoms with Crippen LogP contribution in [0.4, 0.5) is 0 Å². The highest BCUT2D eigenvalue weighted by Gasteiger charge is 2.69. The molecule has 0 amide bonds. The highest BCUT2D eigenvalue weighted by Crippen LogP contribution is 2.71. The first kappa shape index (κ1) is 27.6. The van der Waals surface area contributed by atoms with Gasteiger partial charge in [-0.25, -0.2) is 0 Å². The lowest BCUT2D eigenvalue weighted by atomic mass is 9.44. The van der Waals surface area contributed by atoms with E-state index in [-0.39, 0.29) is 17.9 Å². The van der Waals surface area contributed by atoms with Crippen molar-refractivity contribution in [2.75, 3.05) is 6.61 Å². The van der Waals surface area contributed by atoms with Crippen molar-refractivity contribution in [3.05, 3.63) is 0 Å². The molecule has 4 aliphatic carbocycles. The van der Waals surface area contributed by atoms with Crippen molar-refractivity contribution in [2.45, 2.75) is 149 Å². The van der Waals surface area contributed by atoms with E-state index >= 15 is 0 Å². The molecule has 1 spiro atoms. The maximum Gasteiger partial charge on any atom is 0.306 e. The van der Waals surface area contributed by atoms with Crippen LogP contribution in [0.2, 0.25) is 0 Å². The molecule has 6 rings (SSSR count). The zero-order valence-corrected chi connectivity index (χ0v) is 25.1. The first-order valence-corrected chi connectivity index (χ1v) is 16.7. The van der Waals surface area contributed by atoms with Crippen LogP contribution >= 0.6 is 0 Å². The number of esters is 1. The Hall–Kier alpha value is -0.610. The molecule has 216 valence electrons. The fraction of sp³-hybridized carbons (Fsp3) is 0.971. The predicted octanol–water partition coefficient (Wildman–Crippen LogP) is 8.32. The van der Waals surface area contributed by atoms with Crippen molar-refractivity contribution in [2.24, 2.45) is 52.3 Å². The summed E-state index contributed by atoms with van der Waals surface area (Å²) in [5.74, 6) is 4.77. The van der Waals surface area contributed by atoms with Gasteiger partial charge in [-0.1, -0.05) is 53.9 Å². The fourth-order valence-corrected chi connectivity index (χ4v) is 11.3. The fourth-order valence-electron chi connectivity index (χ4n) is 11.3. The summed E-state index contributed by atoms with van der Waals surface area (Å²) in [6.07, 6.45) is 18.2. The number of hydrogen-bond acceptors (Lipinski definition) is 4. The Morgan fingerprint density at radius 1 is 0.895 bits per heavy atom. The van der Waals surface area contributed by atoms with Gasteiger partial charge in [-0.15, -0.1) is 0 Å². The Labute approximate surface area is 232 Å². The maximum absolute atomic E-state index is 12.5. The lowest BCUT2D eigenvalue weighted by Crippen LogP contribution is -2.55. The van der Waals surface area contributed by atoms with Crippen LogP contribution in [0.3, 0.4) is 0 Å². The zero-order chi connectivity index (χ0) is 26.7. The molecule has 0 radical (unpaired) electrons. The number of unbranched alkanes of at least 4 members (excludes halogenated alkanes) is 3. The molecule has 4 nitrogen and oxygen atoms in total. The third kappa shape index (κ3) is 4.41. The highest BCUT2D eigenvalue weighted by atomic mass is 16.7. The summed E-state index contributed by atoms with van der Waals surface area (Å²) in [7, 11) is 0. The monoisotopic (exact) mass is 528 g/mol. The van der Waals surface area contributed by atoms with Crippen LogP contribution in [0, 0.1) is 52.3 Å². The van der Waals surface area contributed by atoms with Crippen LogP contribution in [-0.4, -0.2) is 30.6 Å². The minimum absolute atomic E-state index is 0.0533. The molecule has 38 heavy (non-hydrogen) atoms. The first-order chi connectivity index (χ1) is 18.2. The highest BCUT2D eigenvalue weighted by molar-refractivity contribution is 5.69. The average molecular weight is 529 g/mol. The number of carbonyl (C=O) groups excluding carboxylic acids is 1. The van der Waals surface area contributed by atoms with E-state index in [1.165, 1.54) is 57.8 Å². The molecule has 4 heteroatoms. The molecule has 12 atom stereocenters. The van der Waals surface area contributed by atoms with Crippen LogP contribution in [0.25, 0.3) is 0 Å². The van der Waals surface area contributed by atoms with E-state index < -0.39 is 0 Å². The quantitative estimate of drug-likeness (QED) is 0.257. The molecule has 6 fully saturated rings. The third-order valence-electron chi connectivity index (χ3n) is 13.4. The van der Waals surface area contributed by atoms with Crippen molar-refractivity contribution >= 4 is 5.97 Å². The number of ether oxygens (including phenoxy) is 3. The molecule has 1 unspecified atom stereocenters. The number of fused-ring (bicyclic) bond motifs is 7. The van der Waals surface area contributed by atoms with E-state index in [1.807, 2.05) is 0 Å². The van der Waals surface area contributed by atoms with Crippen molar-refractivity contribution in [1.82, 2.24) is 0 Å². The van der Waals surface area contributed by atoms with Gasteiger partial charge in [0.15, 0.2) is 5.79 Å². The van der Waals surface area contributed by atoms with E-state index in [1.54, 1.807) is 0 Å². The first-order valence-electron chi connectivity index (χ1n) is 16.7. The van der Waals surface area contributed by atoms with Gasteiger partial charge in [0, 0.05) is 18.8 Å². The van der Waals surface area contributed by atoms with Gasteiger partial charge in [-0.2, -0.15) is 0 Å². The Morgan fingerprint density at radius 3 is 2.47 bits per heavy atom. The summed E-state index contributed by atoms with van der Waals surface area (Å²) in [6, 6.07) is 0. The third-order valence-corrected chi connectivity index (χ3v) is 13.4. The van der Waals surface area contributed by atoms with Crippen LogP contribution in [0.15, 0.2) is 0 Å². The van der Waals surface area contributed by atoms with Gasteiger partial charge in [-0.05, 0) is 111 Å². The van der Waals surface area contributed by atoms with Crippen molar-refractivity contribution in [3.8, 4) is 0 Å². The number of carbonyl (C=O) groups is 1. The topological polar surface area (TPSA) is 44.8 Å². The van der Waals surface area contributed by atoms with Crippen molar-refractivity contribution in [3.63, 3.8) is 0 Å². The van der Waals surface area contributed by atoms with E-state index in [2.05, 4.69) is 34.6 Å². The van der Waals surface area contributed by atoms with Crippen LogP contribution in [-0.2, 0) is 19.0 Å². The van der Waals surface area contributed by atoms with Gasteiger partial charge in [0.25, 0.3) is 0 Å². The van der Waals surface area contributed by atoms with Gasteiger partial charge in [-0.3, -0.25) is 4.79 Å². The Bertz CT molecular complexity index is 863. The molecule has 2 saturated heterocycles. The summed E-state index contributed by atoms with van der Waals surface area (Å²) in [5.41, 5.74) is 0.817. The van der Waals surface area contributed by atoms with Gasteiger partial charge in [0.1, 0.15) is 6.10 Å². The van der Waals surface area contributed by atoms with Gasteiger partial charge >= 0.3 is 5.97 Å². The summed E-state index contributed by atoms with van der Waals surface area (Å²) < 4.78 is 19.5. The Balaban J connectivity index is 1.10. The van der Waals surface area contributed by atoms with E-state index in [0.717, 1.165) is 62.4 Å². The molecular weight excluding hydrogens is 472 g/mol. The Morgan fingerprint density at radius 2 is 1.71 bits per heavy atom. The van der Waals surface area contributed by atoms with Gasteiger partial charge < -0.3 is 14.2 Å². The Kier molecular flexibility index (Phi) is 7.50. The van der Waals surface area contributed by atoms with E-state index in [9.17, 15) is 4.79 Å². The molecule has 2 heterocycles. The molecular formula is C34H56O4. The molecule has 0 N–H and O–H groups in total. The molecule has 2 aliphatic heterocycles. The van der Waals surface area contributed by atoms with Crippen LogP contribution in [0.1, 0.15) is 131 Å². The molecule has 6 aliphatic rings. The molecule has 0 aromatic rings. The normalized spacial score (nSPS) is 51.7. The second-order valence-corrected chi connectivity index (χ2v) is 15.4. The SMILES string of the molecule is CCCCCCC(=O)O[C@@H]1CC[C@@]2(C)[C@@H](CC[C@H]3C4C[C@@H]5O[C@]6(CC[C@@H](C)CO6)[C@@H](C)[C@@H]5[C@@]4(C)CC[C@@H]32)C1. The van der Waals surface area contributed by atoms with Gasteiger partial charge in [0.05, 0.1) is 12.7 Å². The van der Waals surface area contributed by atoms with E-state index in [0.29, 0.717) is 41.1 Å². The van der Waals surface area contributed by atoms with Crippen molar-refractivity contribution < 1.29 is 19.0 Å². The summed E-state index contributed by atoms with van der Waals surface area (Å²) in [5, 5.41) is 0. The summed E-state index contributed by atoms with van der Waals surface area (Å²) in [6.45, 7) is 13.1. The minimum Gasteiger partial charge on any atom is -0.462 e. The van der Waals surface area contributed by atoms with Gasteiger partial charge in [0.2, 0.25) is 0 Å². The minimum atomic E-state index is -0.303. The lowest BCUT2D eigenvalue weighted by molar-refractivity contribution is -0.273. The van der Waals surface area contributed by atoms with Crippen LogP contribution < -0.4 is 0 Å². The lowest BCUT2D eigenvalue weighted by Gasteiger charge is -2.61. The summed E-state index contributed by atoms with van der Waals surface area (Å²) >= 11 is 0. The standard InChI is InChI=1S/C34H56O4/c1-6-7-8-9-10-30(35)37-25-14-16-32(4)24(19-25)11-12-26-27(32)15-17-33(5)28(26)20-29-31(33)23(3)34(38-29)18-13-22(2)21-36-34/h22-29,31H,6-21H2,1-5H3/t22-,23+,24+,25-,26-,27+,28?,29+,31+,32+,33+,34-/m1/s1. The van der Waals surface area contributed by atoms with E-state index in [4.69, 9.17) is 14.2 Å². The van der Waals surface area contributed by atoms with Crippen LogP contribution in [0.5, 0.6) is 0 Å². The smallest absolute Gasteiger partial charge is 0.306 e. The number of hydrogen-bond donors (Lipinski definition) is 0. The zero-order valence-electron chi connectivity index (χ0n) is 25.1. The predicted molar refractivity (Wildman–Crippen MR) is 150 cm³/mol. The summed E-state index contributed by atoms with van der Waals surface area (Å²) in [4.78, 5) is 12.5. The molecule has 4 saturated carbocycles. The molecule has 0 bridgehead atoms. The number of rotatable bonds is 6.